The van der Waals surface area contributed by atoms with Crippen LogP contribution in [0, 0.1) is 23.3 Å². The first-order valence-corrected chi connectivity index (χ1v) is 16.2. The molecule has 285 valence electrons. The SMILES string of the molecule is C.C.C.CN1c2ccccc2C(C(=O)Oc2c(F)cccc2F)c2ccccc21.C[n+]1c2ccccc2c(C(=O)Oc2c(F)cccc2F)c2ccccc21.[B]. The predicted molar refractivity (Wildman–Crippen MR) is 215 cm³/mol. The fraction of sp³-hybridized carbons (Fsp3) is 0.133. The second kappa shape index (κ2) is 18.2. The molecule has 7 aromatic rings. The maximum Gasteiger partial charge on any atom is 0.345 e. The van der Waals surface area contributed by atoms with Crippen molar-refractivity contribution < 1.29 is 41.2 Å². The number of esters is 2. The van der Waals surface area contributed by atoms with Gasteiger partial charge in [0, 0.05) is 39.0 Å². The molecule has 0 fully saturated rings. The Bertz CT molecular complexity index is 2390. The molecular weight excluding hydrogens is 719 g/mol. The first kappa shape index (κ1) is 43.9. The van der Waals surface area contributed by atoms with Gasteiger partial charge in [-0.1, -0.05) is 95.1 Å². The summed E-state index contributed by atoms with van der Waals surface area (Å²) in [5.41, 5.74) is 5.06. The molecule has 0 unspecified atom stereocenters. The van der Waals surface area contributed by atoms with Crippen molar-refractivity contribution in [1.82, 2.24) is 0 Å². The van der Waals surface area contributed by atoms with E-state index in [1.165, 1.54) is 12.1 Å². The van der Waals surface area contributed by atoms with Gasteiger partial charge in [-0.3, -0.25) is 4.79 Å². The van der Waals surface area contributed by atoms with Crippen LogP contribution < -0.4 is 18.9 Å². The Labute approximate surface area is 326 Å². The van der Waals surface area contributed by atoms with Gasteiger partial charge in [-0.2, -0.15) is 4.57 Å². The predicted octanol–water partition coefficient (Wildman–Crippen LogP) is 10.6. The molecule has 56 heavy (non-hydrogen) atoms. The largest absolute Gasteiger partial charge is 0.420 e. The van der Waals surface area contributed by atoms with E-state index in [9.17, 15) is 27.2 Å². The smallest absolute Gasteiger partial charge is 0.345 e. The van der Waals surface area contributed by atoms with Gasteiger partial charge in [-0.15, -0.1) is 0 Å². The first-order valence-electron chi connectivity index (χ1n) is 16.2. The van der Waals surface area contributed by atoms with Crippen molar-refractivity contribution in [3.05, 3.63) is 173 Å². The summed E-state index contributed by atoms with van der Waals surface area (Å²) in [6, 6.07) is 36.2. The van der Waals surface area contributed by atoms with Crippen molar-refractivity contribution in [2.75, 3.05) is 11.9 Å². The van der Waals surface area contributed by atoms with Crippen molar-refractivity contribution in [3.63, 3.8) is 0 Å². The minimum absolute atomic E-state index is 0. The van der Waals surface area contributed by atoms with Gasteiger partial charge in [-0.05, 0) is 59.7 Å². The van der Waals surface area contributed by atoms with E-state index in [-0.39, 0.29) is 36.3 Å². The number of rotatable bonds is 4. The third kappa shape index (κ3) is 7.98. The zero-order valence-electron chi connectivity index (χ0n) is 28.4. The second-order valence-electron chi connectivity index (χ2n) is 12.0. The number of anilines is 2. The molecule has 0 aliphatic carbocycles. The number of carbonyl (C=O) groups excluding carboxylic acids is 2. The Balaban J connectivity index is 0.000000280. The number of para-hydroxylation sites is 6. The number of ether oxygens (including phenoxy) is 2. The van der Waals surface area contributed by atoms with Crippen LogP contribution in [-0.4, -0.2) is 27.4 Å². The number of halogens is 4. The molecule has 6 nitrogen and oxygen atoms in total. The van der Waals surface area contributed by atoms with Crippen molar-refractivity contribution in [1.29, 1.82) is 0 Å². The average molecular weight is 761 g/mol. The number of aromatic nitrogens is 1. The normalized spacial score (nSPS) is 11.2. The topological polar surface area (TPSA) is 59.7 Å². The molecule has 0 amide bonds. The highest BCUT2D eigenvalue weighted by molar-refractivity contribution is 6.13. The summed E-state index contributed by atoms with van der Waals surface area (Å²) in [6.45, 7) is 0. The molecule has 0 saturated carbocycles. The molecule has 0 N–H and O–H groups in total. The Morgan fingerprint density at radius 3 is 1.38 bits per heavy atom. The molecule has 8 rings (SSSR count). The summed E-state index contributed by atoms with van der Waals surface area (Å²) in [5.74, 6) is -7.32. The van der Waals surface area contributed by atoms with Crippen LogP contribution >= 0.6 is 0 Å². The Hall–Kier alpha value is -6.49. The average Bonchev–Trinajstić information content (AvgIpc) is 3.15. The number of carbonyl (C=O) groups is 2. The van der Waals surface area contributed by atoms with Gasteiger partial charge in [0.15, 0.2) is 23.3 Å². The number of aryl methyl sites for hydroxylation is 1. The number of nitrogens with zero attached hydrogens (tertiary/aromatic N) is 2. The Morgan fingerprint density at radius 1 is 0.554 bits per heavy atom. The second-order valence-corrected chi connectivity index (χ2v) is 12.0. The monoisotopic (exact) mass is 760 g/mol. The molecule has 1 aromatic heterocycles. The van der Waals surface area contributed by atoms with Gasteiger partial charge in [0.1, 0.15) is 13.0 Å². The van der Waals surface area contributed by atoms with E-state index in [0.717, 1.165) is 57.8 Å². The Kier molecular flexibility index (Phi) is 14.3. The van der Waals surface area contributed by atoms with Gasteiger partial charge >= 0.3 is 11.9 Å². The lowest BCUT2D eigenvalue weighted by Gasteiger charge is -2.34. The molecule has 1 aliphatic rings. The molecule has 0 spiro atoms. The molecule has 0 bridgehead atoms. The maximum absolute atomic E-state index is 13.9. The number of benzene rings is 6. The van der Waals surface area contributed by atoms with E-state index < -0.39 is 52.6 Å². The summed E-state index contributed by atoms with van der Waals surface area (Å²) in [5, 5.41) is 1.30. The van der Waals surface area contributed by atoms with Gasteiger partial charge in [-0.25, -0.2) is 22.4 Å². The number of pyridine rings is 1. The Morgan fingerprint density at radius 2 is 0.929 bits per heavy atom. The number of hydrogen-bond acceptors (Lipinski definition) is 5. The molecule has 3 radical (unpaired) electrons. The van der Waals surface area contributed by atoms with Crippen LogP contribution in [0.3, 0.4) is 0 Å². The fourth-order valence-electron chi connectivity index (χ4n) is 6.54. The van der Waals surface area contributed by atoms with Crippen molar-refractivity contribution in [2.24, 2.45) is 7.05 Å². The fourth-order valence-corrected chi connectivity index (χ4v) is 6.54. The zero-order valence-corrected chi connectivity index (χ0v) is 28.4. The lowest BCUT2D eigenvalue weighted by molar-refractivity contribution is -0.617. The van der Waals surface area contributed by atoms with E-state index >= 15 is 0 Å². The maximum atomic E-state index is 13.9. The third-order valence-electron chi connectivity index (χ3n) is 8.96. The molecule has 6 aromatic carbocycles. The van der Waals surface area contributed by atoms with Crippen molar-refractivity contribution in [2.45, 2.75) is 28.2 Å². The molecular formula is C45H41BF4N2O4+. The van der Waals surface area contributed by atoms with Crippen LogP contribution in [0.4, 0.5) is 28.9 Å². The van der Waals surface area contributed by atoms with Gasteiger partial charge in [0.2, 0.25) is 22.5 Å². The first-order chi connectivity index (χ1) is 25.2. The summed E-state index contributed by atoms with van der Waals surface area (Å²) < 4.78 is 67.8. The van der Waals surface area contributed by atoms with Gasteiger partial charge < -0.3 is 14.4 Å². The van der Waals surface area contributed by atoms with Gasteiger partial charge in [0.05, 0.1) is 16.3 Å². The van der Waals surface area contributed by atoms with E-state index in [1.54, 1.807) is 24.3 Å². The summed E-state index contributed by atoms with van der Waals surface area (Å²) in [4.78, 5) is 27.8. The van der Waals surface area contributed by atoms with E-state index in [1.807, 2.05) is 96.4 Å². The van der Waals surface area contributed by atoms with E-state index in [4.69, 9.17) is 9.47 Å². The quantitative estimate of drug-likeness (QED) is 0.0447. The van der Waals surface area contributed by atoms with E-state index in [0.29, 0.717) is 10.8 Å². The highest BCUT2D eigenvalue weighted by Crippen LogP contribution is 2.45. The summed E-state index contributed by atoms with van der Waals surface area (Å²) in [6.07, 6.45) is 0. The lowest BCUT2D eigenvalue weighted by atomic mass is 9.85. The van der Waals surface area contributed by atoms with Crippen LogP contribution in [-0.2, 0) is 11.8 Å². The van der Waals surface area contributed by atoms with Crippen LogP contribution in [0.25, 0.3) is 21.8 Å². The van der Waals surface area contributed by atoms with Crippen molar-refractivity contribution in [3.8, 4) is 11.5 Å². The number of fused-ring (bicyclic) bond motifs is 4. The minimum atomic E-state index is -0.923. The summed E-state index contributed by atoms with van der Waals surface area (Å²) in [7, 11) is 3.81. The number of hydrogen-bond donors (Lipinski definition) is 0. The van der Waals surface area contributed by atoms with Crippen LogP contribution in [0.1, 0.15) is 49.7 Å². The molecule has 11 heteroatoms. The third-order valence-corrected chi connectivity index (χ3v) is 8.96. The molecule has 2 heterocycles. The molecule has 0 saturated heterocycles. The lowest BCUT2D eigenvalue weighted by Crippen LogP contribution is -2.31. The molecule has 1 aliphatic heterocycles. The highest BCUT2D eigenvalue weighted by atomic mass is 19.1. The van der Waals surface area contributed by atoms with Gasteiger partial charge in [0.25, 0.3) is 0 Å². The minimum Gasteiger partial charge on any atom is -0.420 e. The van der Waals surface area contributed by atoms with Crippen LogP contribution in [0.2, 0.25) is 0 Å². The van der Waals surface area contributed by atoms with E-state index in [2.05, 4.69) is 0 Å². The van der Waals surface area contributed by atoms with Crippen molar-refractivity contribution >= 4 is 53.5 Å². The van der Waals surface area contributed by atoms with Crippen LogP contribution in [0.15, 0.2) is 133 Å². The van der Waals surface area contributed by atoms with Crippen LogP contribution in [0.5, 0.6) is 11.5 Å². The zero-order chi connectivity index (χ0) is 36.5. The standard InChI is InChI=1S/C21H15F2NO2.C21H14F2NO2.3CH4.B/c2*1-24-17-11-4-2-7-13(17)19(14-8-3-5-12-18(14)24)21(25)26-20-15(22)9-6-10-16(20)23;;;;/h2-12,19H,1H3;2-12H,1H3;3*1H4;/q;+1;;;;. The summed E-state index contributed by atoms with van der Waals surface area (Å²) >= 11 is 0. The highest BCUT2D eigenvalue weighted by Gasteiger charge is 2.35. The molecule has 0 atom stereocenters.